The SMILES string of the molecule is [B-][P@](=O)(OC[C@H]1O[C@@H](n2cnc3c(N)ncnc32)[C@@H](O)C1O)OP(=O)([O-])O[C@@H]1OC(CO)[C@H](O)[C@H](O)C1O. The summed E-state index contributed by atoms with van der Waals surface area (Å²) in [5, 5.41) is 59.3. The van der Waals surface area contributed by atoms with Crippen molar-refractivity contribution in [1.29, 1.82) is 0 Å². The Hall–Kier alpha value is -1.61. The molecule has 11 atom stereocenters. The van der Waals surface area contributed by atoms with Crippen LogP contribution in [0.15, 0.2) is 12.7 Å². The number of nitrogens with zero attached hydrogens (tertiary/aromatic N) is 4. The van der Waals surface area contributed by atoms with Gasteiger partial charge in [-0.25, -0.2) is 15.0 Å². The van der Waals surface area contributed by atoms with Crippen molar-refractivity contribution in [2.24, 2.45) is 0 Å². The Bertz CT molecular complexity index is 1240. The molecule has 2 aliphatic rings. The summed E-state index contributed by atoms with van der Waals surface area (Å²) in [6.07, 6.45) is -13.1. The summed E-state index contributed by atoms with van der Waals surface area (Å²) in [5.41, 5.74) is 6.09. The van der Waals surface area contributed by atoms with Crippen molar-refractivity contribution in [2.45, 2.75) is 55.2 Å². The van der Waals surface area contributed by atoms with Crippen LogP contribution in [0.4, 0.5) is 5.82 Å². The molecule has 3 radical (unpaired) electrons. The quantitative estimate of drug-likeness (QED) is 0.108. The zero-order valence-electron chi connectivity index (χ0n) is 19.1. The van der Waals surface area contributed by atoms with Crippen LogP contribution in [0, 0.1) is 0 Å². The molecule has 0 bridgehead atoms. The minimum absolute atomic E-state index is 0.0517. The first kappa shape index (κ1) is 29.4. The van der Waals surface area contributed by atoms with E-state index in [1.54, 1.807) is 0 Å². The molecule has 4 heterocycles. The molecule has 211 valence electrons. The average molecular weight is 582 g/mol. The molecular weight excluding hydrogens is 559 g/mol. The highest BCUT2D eigenvalue weighted by atomic mass is 31.3. The maximum Gasteiger partial charge on any atom is 0.274 e. The summed E-state index contributed by atoms with van der Waals surface area (Å²) in [6, 6.07) is 0. The topological polar surface area (TPSA) is 294 Å². The summed E-state index contributed by atoms with van der Waals surface area (Å²) in [7, 11) is -5.39. The van der Waals surface area contributed by atoms with Gasteiger partial charge in [-0.1, -0.05) is 0 Å². The molecular formula is C16H23BN5O14P2-2. The Kier molecular flexibility index (Phi) is 8.59. The first-order valence-electron chi connectivity index (χ1n) is 10.7. The van der Waals surface area contributed by atoms with E-state index in [1.807, 2.05) is 0 Å². The zero-order chi connectivity index (χ0) is 28.0. The molecule has 0 saturated carbocycles. The maximum absolute atomic E-state index is 12.5. The van der Waals surface area contributed by atoms with Gasteiger partial charge in [0.05, 0.1) is 27.0 Å². The van der Waals surface area contributed by atoms with Crippen molar-refractivity contribution in [1.82, 2.24) is 19.5 Å². The number of hydrogen-bond donors (Lipinski definition) is 7. The van der Waals surface area contributed by atoms with Crippen LogP contribution in [0.1, 0.15) is 6.23 Å². The van der Waals surface area contributed by atoms with E-state index in [2.05, 4.69) is 23.8 Å². The summed E-state index contributed by atoms with van der Waals surface area (Å²) >= 11 is 0. The number of imidazole rings is 1. The first-order valence-corrected chi connectivity index (χ1v) is 13.8. The Labute approximate surface area is 214 Å². The van der Waals surface area contributed by atoms with Gasteiger partial charge in [0.15, 0.2) is 24.0 Å². The lowest BCUT2D eigenvalue weighted by molar-refractivity contribution is -0.301. The van der Waals surface area contributed by atoms with Gasteiger partial charge in [0.25, 0.3) is 7.82 Å². The second-order valence-electron chi connectivity index (χ2n) is 8.30. The number of hydrogen-bond acceptors (Lipinski definition) is 18. The van der Waals surface area contributed by atoms with Crippen molar-refractivity contribution in [2.75, 3.05) is 18.9 Å². The van der Waals surface area contributed by atoms with E-state index in [-0.39, 0.29) is 17.0 Å². The molecule has 2 aliphatic heterocycles. The minimum Gasteiger partial charge on any atom is -0.756 e. The van der Waals surface area contributed by atoms with E-state index in [0.717, 1.165) is 6.33 Å². The van der Waals surface area contributed by atoms with Crippen LogP contribution in [0.3, 0.4) is 0 Å². The van der Waals surface area contributed by atoms with Gasteiger partial charge in [0, 0.05) is 0 Å². The predicted molar refractivity (Wildman–Crippen MR) is 119 cm³/mol. The summed E-state index contributed by atoms with van der Waals surface area (Å²) in [5.74, 6) is 0.0517. The van der Waals surface area contributed by atoms with Crippen LogP contribution in [-0.2, 0) is 32.0 Å². The van der Waals surface area contributed by atoms with E-state index >= 15 is 0 Å². The maximum atomic E-state index is 12.5. The number of phosphoric ester groups is 1. The van der Waals surface area contributed by atoms with E-state index in [9.17, 15) is 39.6 Å². The van der Waals surface area contributed by atoms with Gasteiger partial charge in [-0.15, -0.1) is 0 Å². The number of fused-ring (bicyclic) bond motifs is 1. The third-order valence-electron chi connectivity index (χ3n) is 5.71. The fourth-order valence-electron chi connectivity index (χ4n) is 3.79. The molecule has 0 aliphatic carbocycles. The smallest absolute Gasteiger partial charge is 0.274 e. The lowest BCUT2D eigenvalue weighted by Crippen LogP contribution is -2.59. The summed E-state index contributed by atoms with van der Waals surface area (Å²) < 4.78 is 49.8. The molecule has 4 rings (SSSR count). The van der Waals surface area contributed by atoms with Gasteiger partial charge in [-0.2, -0.15) is 0 Å². The Morgan fingerprint density at radius 2 is 1.71 bits per heavy atom. The normalized spacial score (nSPS) is 37.2. The van der Waals surface area contributed by atoms with E-state index in [0.29, 0.717) is 0 Å². The first-order chi connectivity index (χ1) is 17.7. The molecule has 2 fully saturated rings. The van der Waals surface area contributed by atoms with Crippen LogP contribution in [0.2, 0.25) is 0 Å². The number of anilines is 1. The number of aromatic nitrogens is 4. The minimum atomic E-state index is -5.69. The molecule has 19 nitrogen and oxygen atoms in total. The highest BCUT2D eigenvalue weighted by Crippen LogP contribution is 2.59. The van der Waals surface area contributed by atoms with E-state index < -0.39 is 83.8 Å². The van der Waals surface area contributed by atoms with Crippen molar-refractivity contribution >= 4 is 39.8 Å². The Morgan fingerprint density at radius 3 is 2.39 bits per heavy atom. The van der Waals surface area contributed by atoms with Crippen molar-refractivity contribution < 1.29 is 67.5 Å². The van der Waals surface area contributed by atoms with Gasteiger partial charge in [-0.3, -0.25) is 18.0 Å². The van der Waals surface area contributed by atoms with Crippen LogP contribution in [0.5, 0.6) is 0 Å². The second kappa shape index (κ2) is 11.1. The molecule has 0 amide bonds. The standard InChI is InChI=1S/C16H24BN5O14P2/c17-37(29,36-38(30,31)35-16-12(28)10(26)8(24)5(1-23)34-16)32-2-6-9(25)11(27)15(33-6)22-4-21-7-13(18)19-3-20-14(7)22/h3-6,8-12,15-16,23-28H,1-2H2,(H,30,31)(H2,18,19,20)/q-1/p-1/t5?,6-,8+,9?,10+,11+,12?,15-,16+,37+/m1/s1. The van der Waals surface area contributed by atoms with Crippen molar-refractivity contribution in [3.05, 3.63) is 12.7 Å². The molecule has 0 aromatic carbocycles. The molecule has 2 saturated heterocycles. The number of rotatable bonds is 9. The molecule has 2 aromatic heterocycles. The van der Waals surface area contributed by atoms with E-state index in [4.69, 9.17) is 32.4 Å². The number of ether oxygens (including phenoxy) is 2. The number of aliphatic hydroxyl groups is 6. The number of aliphatic hydroxyl groups excluding tert-OH is 6. The molecule has 8 N–H and O–H groups in total. The lowest BCUT2D eigenvalue weighted by Gasteiger charge is -2.42. The summed E-state index contributed by atoms with van der Waals surface area (Å²) in [6.45, 7) is -1.72. The average Bonchev–Trinajstić information content (AvgIpc) is 3.39. The molecule has 22 heteroatoms. The number of nitrogen functional groups attached to an aromatic ring is 1. The second-order valence-corrected chi connectivity index (χ2v) is 11.4. The monoisotopic (exact) mass is 582 g/mol. The van der Waals surface area contributed by atoms with Crippen LogP contribution < -0.4 is 10.6 Å². The van der Waals surface area contributed by atoms with Crippen molar-refractivity contribution in [3.63, 3.8) is 0 Å². The Morgan fingerprint density at radius 1 is 1.03 bits per heavy atom. The highest BCUT2D eigenvalue weighted by Gasteiger charge is 2.46. The number of nitrogens with two attached hydrogens (primary N) is 1. The molecule has 4 unspecified atom stereocenters. The summed E-state index contributed by atoms with van der Waals surface area (Å²) in [4.78, 5) is 24.0. The predicted octanol–water partition coefficient (Wildman–Crippen LogP) is -4.38. The third-order valence-corrected chi connectivity index (χ3v) is 8.40. The van der Waals surface area contributed by atoms with Crippen molar-refractivity contribution in [3.8, 4) is 0 Å². The Balaban J connectivity index is 1.38. The molecule has 38 heavy (non-hydrogen) atoms. The van der Waals surface area contributed by atoms with Gasteiger partial charge >= 0.3 is 0 Å². The van der Waals surface area contributed by atoms with Gasteiger partial charge in [0.1, 0.15) is 54.6 Å². The van der Waals surface area contributed by atoms with Crippen LogP contribution in [-0.4, -0.2) is 120 Å². The molecule has 2 aromatic rings. The van der Waals surface area contributed by atoms with Gasteiger partial charge < -0.3 is 67.4 Å². The lowest BCUT2D eigenvalue weighted by atomic mass is 10.00. The highest BCUT2D eigenvalue weighted by molar-refractivity contribution is 7.83. The van der Waals surface area contributed by atoms with Crippen LogP contribution in [0.25, 0.3) is 11.2 Å². The fourth-order valence-corrected chi connectivity index (χ4v) is 6.04. The van der Waals surface area contributed by atoms with E-state index in [1.165, 1.54) is 10.9 Å². The third kappa shape index (κ3) is 5.93. The zero-order valence-corrected chi connectivity index (χ0v) is 20.8. The number of phosphoric acid groups is 1. The molecule has 0 spiro atoms. The largest absolute Gasteiger partial charge is 0.756 e. The van der Waals surface area contributed by atoms with Crippen LogP contribution >= 0.6 is 15.3 Å². The van der Waals surface area contributed by atoms with Gasteiger partial charge in [-0.05, 0) is 0 Å². The van der Waals surface area contributed by atoms with Gasteiger partial charge in [0.2, 0.25) is 0 Å². The fraction of sp³-hybridized carbons (Fsp3) is 0.688.